The number of rotatable bonds is 5. The third kappa shape index (κ3) is 4.42. The van der Waals surface area contributed by atoms with Gasteiger partial charge < -0.3 is 9.73 Å². The van der Waals surface area contributed by atoms with Gasteiger partial charge in [0.25, 0.3) is 5.69 Å². The van der Waals surface area contributed by atoms with Gasteiger partial charge in [-0.3, -0.25) is 10.1 Å². The minimum atomic E-state index is -0.487. The lowest BCUT2D eigenvalue weighted by Gasteiger charge is -2.05. The molecule has 0 bridgehead atoms. The molecule has 0 aliphatic carbocycles. The molecule has 1 heterocycles. The van der Waals surface area contributed by atoms with Crippen LogP contribution in [-0.2, 0) is 0 Å². The van der Waals surface area contributed by atoms with Crippen molar-refractivity contribution in [3.63, 3.8) is 0 Å². The van der Waals surface area contributed by atoms with Gasteiger partial charge in [-0.15, -0.1) is 0 Å². The van der Waals surface area contributed by atoms with Gasteiger partial charge >= 0.3 is 6.03 Å². The number of aryl methyl sites for hydroxylation is 1. The highest BCUT2D eigenvalue weighted by molar-refractivity contribution is 5.90. The molecule has 0 spiro atoms. The summed E-state index contributed by atoms with van der Waals surface area (Å²) in [6, 6.07) is 15.2. The number of carbonyl (C=O) groups excluding carboxylic acids is 1. The summed E-state index contributed by atoms with van der Waals surface area (Å²) in [6.45, 7) is 3.47. The van der Waals surface area contributed by atoms with Crippen LogP contribution in [0.1, 0.15) is 16.9 Å². The zero-order valence-electron chi connectivity index (χ0n) is 15.3. The monoisotopic (exact) mass is 378 g/mol. The van der Waals surface area contributed by atoms with Crippen LogP contribution in [0, 0.1) is 24.0 Å². The molecule has 0 aliphatic rings. The van der Waals surface area contributed by atoms with E-state index in [2.05, 4.69) is 15.8 Å². The van der Waals surface area contributed by atoms with Gasteiger partial charge in [-0.1, -0.05) is 18.2 Å². The standard InChI is InChI=1S/C20H18N4O4/c1-13-10-17(14(2)18(11-13)24(26)27)19-9-8-16(28-19)12-21-23-20(25)22-15-6-4-3-5-7-15/h3-12H,1-2H3,(H2,22,23,25). The van der Waals surface area contributed by atoms with Gasteiger partial charge in [0.15, 0.2) is 0 Å². The van der Waals surface area contributed by atoms with Gasteiger partial charge in [-0.25, -0.2) is 10.2 Å². The first-order chi connectivity index (χ1) is 13.4. The highest BCUT2D eigenvalue weighted by Crippen LogP contribution is 2.32. The Morgan fingerprint density at radius 2 is 1.89 bits per heavy atom. The first-order valence-electron chi connectivity index (χ1n) is 8.45. The molecule has 0 aliphatic heterocycles. The molecule has 0 radical (unpaired) electrons. The van der Waals surface area contributed by atoms with E-state index in [-0.39, 0.29) is 5.69 Å². The van der Waals surface area contributed by atoms with Crippen molar-refractivity contribution in [1.82, 2.24) is 5.43 Å². The summed E-state index contributed by atoms with van der Waals surface area (Å²) in [5.41, 5.74) is 4.96. The minimum absolute atomic E-state index is 0.0425. The second-order valence-electron chi connectivity index (χ2n) is 6.11. The van der Waals surface area contributed by atoms with E-state index in [1.165, 1.54) is 12.3 Å². The Kier molecular flexibility index (Phi) is 5.50. The molecule has 0 unspecified atom stereocenters. The molecule has 1 aromatic heterocycles. The molecule has 0 atom stereocenters. The Bertz CT molecular complexity index is 1040. The van der Waals surface area contributed by atoms with Crippen molar-refractivity contribution < 1.29 is 14.1 Å². The number of nitrogens with one attached hydrogen (secondary N) is 2. The lowest BCUT2D eigenvalue weighted by molar-refractivity contribution is -0.385. The third-order valence-corrected chi connectivity index (χ3v) is 4.00. The van der Waals surface area contributed by atoms with Gasteiger partial charge in [0.2, 0.25) is 0 Å². The van der Waals surface area contributed by atoms with Crippen LogP contribution < -0.4 is 10.7 Å². The van der Waals surface area contributed by atoms with Crippen molar-refractivity contribution in [3.05, 3.63) is 81.6 Å². The van der Waals surface area contributed by atoms with E-state index in [1.54, 1.807) is 50.2 Å². The van der Waals surface area contributed by atoms with Crippen LogP contribution in [0.15, 0.2) is 64.1 Å². The number of furan rings is 1. The topological polar surface area (TPSA) is 110 Å². The van der Waals surface area contributed by atoms with Crippen LogP contribution >= 0.6 is 0 Å². The number of hydrogen-bond donors (Lipinski definition) is 2. The average molecular weight is 378 g/mol. The quantitative estimate of drug-likeness (QED) is 0.383. The molecular formula is C20H18N4O4. The number of nitrogens with zero attached hydrogens (tertiary/aromatic N) is 2. The first-order valence-corrected chi connectivity index (χ1v) is 8.45. The zero-order valence-corrected chi connectivity index (χ0v) is 15.3. The fraction of sp³-hybridized carbons (Fsp3) is 0.100. The minimum Gasteiger partial charge on any atom is -0.455 e. The van der Waals surface area contributed by atoms with Crippen LogP contribution in [0.2, 0.25) is 0 Å². The summed E-state index contributed by atoms with van der Waals surface area (Å²) < 4.78 is 5.70. The highest BCUT2D eigenvalue weighted by atomic mass is 16.6. The molecule has 2 aromatic carbocycles. The molecule has 2 N–H and O–H groups in total. The number of nitro benzene ring substituents is 1. The summed E-state index contributed by atoms with van der Waals surface area (Å²) in [4.78, 5) is 22.6. The Balaban J connectivity index is 1.70. The summed E-state index contributed by atoms with van der Waals surface area (Å²) in [5.74, 6) is 0.887. The maximum Gasteiger partial charge on any atom is 0.339 e. The lowest BCUT2D eigenvalue weighted by Crippen LogP contribution is -2.24. The average Bonchev–Trinajstić information content (AvgIpc) is 3.12. The Morgan fingerprint density at radius 3 is 2.61 bits per heavy atom. The zero-order chi connectivity index (χ0) is 20.1. The second-order valence-corrected chi connectivity index (χ2v) is 6.11. The molecule has 0 saturated carbocycles. The van der Waals surface area contributed by atoms with Crippen molar-refractivity contribution in [3.8, 4) is 11.3 Å². The van der Waals surface area contributed by atoms with Crippen molar-refractivity contribution in [1.29, 1.82) is 0 Å². The maximum atomic E-state index is 11.8. The smallest absolute Gasteiger partial charge is 0.339 e. The largest absolute Gasteiger partial charge is 0.455 e. The number of amides is 2. The number of anilines is 1. The van der Waals surface area contributed by atoms with Gasteiger partial charge in [0.05, 0.1) is 11.1 Å². The molecule has 3 rings (SSSR count). The maximum absolute atomic E-state index is 11.8. The van der Waals surface area contributed by atoms with Crippen molar-refractivity contribution in [2.45, 2.75) is 13.8 Å². The van der Waals surface area contributed by atoms with Crippen LogP contribution in [0.5, 0.6) is 0 Å². The Labute approximate surface area is 161 Å². The number of carbonyl (C=O) groups is 1. The van der Waals surface area contributed by atoms with Crippen LogP contribution in [-0.4, -0.2) is 17.2 Å². The summed E-state index contributed by atoms with van der Waals surface area (Å²) in [6.07, 6.45) is 1.35. The van der Waals surface area contributed by atoms with Crippen LogP contribution in [0.3, 0.4) is 0 Å². The number of urea groups is 1. The number of nitro groups is 1. The van der Waals surface area contributed by atoms with Crippen molar-refractivity contribution >= 4 is 23.6 Å². The molecule has 0 saturated heterocycles. The third-order valence-electron chi connectivity index (χ3n) is 4.00. The van der Waals surface area contributed by atoms with E-state index in [0.717, 1.165) is 5.56 Å². The predicted octanol–water partition coefficient (Wildman–Crippen LogP) is 4.63. The second kappa shape index (κ2) is 8.17. The van der Waals surface area contributed by atoms with Gasteiger partial charge in [-0.2, -0.15) is 5.10 Å². The van der Waals surface area contributed by atoms with Gasteiger partial charge in [0.1, 0.15) is 11.5 Å². The summed E-state index contributed by atoms with van der Waals surface area (Å²) >= 11 is 0. The molecular weight excluding hydrogens is 360 g/mol. The highest BCUT2D eigenvalue weighted by Gasteiger charge is 2.18. The summed E-state index contributed by atoms with van der Waals surface area (Å²) in [7, 11) is 0. The van der Waals surface area contributed by atoms with Crippen molar-refractivity contribution in [2.24, 2.45) is 5.10 Å². The van der Waals surface area contributed by atoms with Crippen molar-refractivity contribution in [2.75, 3.05) is 5.32 Å². The predicted molar refractivity (Wildman–Crippen MR) is 106 cm³/mol. The van der Waals surface area contributed by atoms with E-state index in [1.807, 2.05) is 12.1 Å². The van der Waals surface area contributed by atoms with Crippen LogP contribution in [0.25, 0.3) is 11.3 Å². The van der Waals surface area contributed by atoms with E-state index in [0.29, 0.717) is 28.3 Å². The van der Waals surface area contributed by atoms with E-state index < -0.39 is 11.0 Å². The van der Waals surface area contributed by atoms with E-state index in [9.17, 15) is 14.9 Å². The number of para-hydroxylation sites is 1. The fourth-order valence-corrected chi connectivity index (χ4v) is 2.69. The van der Waals surface area contributed by atoms with Gasteiger partial charge in [-0.05, 0) is 49.7 Å². The van der Waals surface area contributed by atoms with Gasteiger partial charge in [0, 0.05) is 22.9 Å². The first kappa shape index (κ1) is 18.8. The Morgan fingerprint density at radius 1 is 1.14 bits per heavy atom. The molecule has 8 heteroatoms. The molecule has 2 amide bonds. The summed E-state index contributed by atoms with van der Waals surface area (Å²) in [5, 5.41) is 17.7. The van der Waals surface area contributed by atoms with Crippen LogP contribution in [0.4, 0.5) is 16.2 Å². The fourth-order valence-electron chi connectivity index (χ4n) is 2.69. The Hall–Kier alpha value is -3.94. The normalized spacial score (nSPS) is 10.8. The number of benzene rings is 2. The lowest BCUT2D eigenvalue weighted by atomic mass is 10.0. The SMILES string of the molecule is Cc1cc(-c2ccc(C=NNC(=O)Nc3ccccc3)o2)c(C)c([N+](=O)[O-])c1. The molecule has 28 heavy (non-hydrogen) atoms. The van der Waals surface area contributed by atoms with E-state index in [4.69, 9.17) is 4.42 Å². The van der Waals surface area contributed by atoms with E-state index >= 15 is 0 Å². The molecule has 0 fully saturated rings. The molecule has 8 nitrogen and oxygen atoms in total. The molecule has 3 aromatic rings. The number of hydrogen-bond acceptors (Lipinski definition) is 5. The molecule has 142 valence electrons. The number of hydrazone groups is 1.